The van der Waals surface area contributed by atoms with Crippen LogP contribution < -0.4 is 5.32 Å². The van der Waals surface area contributed by atoms with E-state index in [2.05, 4.69) is 34.7 Å². The van der Waals surface area contributed by atoms with E-state index in [9.17, 15) is 0 Å². The highest BCUT2D eigenvalue weighted by Crippen LogP contribution is 2.34. The van der Waals surface area contributed by atoms with Crippen LogP contribution in [0.3, 0.4) is 0 Å². The largest absolute Gasteiger partial charge is 0.383 e. The highest BCUT2D eigenvalue weighted by Gasteiger charge is 2.30. The molecule has 0 amide bonds. The fourth-order valence-electron chi connectivity index (χ4n) is 2.48. The monoisotopic (exact) mass is 271 g/mol. The van der Waals surface area contributed by atoms with Gasteiger partial charge in [-0.1, -0.05) is 12.1 Å². The highest BCUT2D eigenvalue weighted by molar-refractivity contribution is 5.46. The number of methoxy groups -OCH3 is 1. The SMILES string of the molecule is COCC(Nc1ccc(Cn2cccn2)cc1)C1CC1. The van der Waals surface area contributed by atoms with Crippen LogP contribution in [0, 0.1) is 5.92 Å². The number of anilines is 1. The molecule has 1 atom stereocenters. The Morgan fingerprint density at radius 3 is 2.75 bits per heavy atom. The molecule has 1 heterocycles. The average Bonchev–Trinajstić information content (AvgIpc) is 3.19. The molecule has 1 saturated carbocycles. The van der Waals surface area contributed by atoms with Crippen LogP contribution >= 0.6 is 0 Å². The molecule has 2 aromatic rings. The molecule has 0 bridgehead atoms. The molecule has 0 aliphatic heterocycles. The second-order valence-electron chi connectivity index (χ2n) is 5.44. The molecule has 0 spiro atoms. The summed E-state index contributed by atoms with van der Waals surface area (Å²) in [5, 5.41) is 7.80. The third kappa shape index (κ3) is 3.39. The van der Waals surface area contributed by atoms with Crippen molar-refractivity contribution in [3.05, 3.63) is 48.3 Å². The van der Waals surface area contributed by atoms with Gasteiger partial charge in [-0.05, 0) is 42.5 Å². The van der Waals surface area contributed by atoms with Gasteiger partial charge in [0, 0.05) is 25.2 Å². The lowest BCUT2D eigenvalue weighted by Crippen LogP contribution is -2.27. The van der Waals surface area contributed by atoms with Crippen molar-refractivity contribution in [2.75, 3.05) is 19.0 Å². The Morgan fingerprint density at radius 2 is 2.15 bits per heavy atom. The number of benzene rings is 1. The Morgan fingerprint density at radius 1 is 1.35 bits per heavy atom. The predicted molar refractivity (Wildman–Crippen MR) is 79.8 cm³/mol. The van der Waals surface area contributed by atoms with Gasteiger partial charge in [0.2, 0.25) is 0 Å². The average molecular weight is 271 g/mol. The van der Waals surface area contributed by atoms with E-state index < -0.39 is 0 Å². The zero-order valence-electron chi connectivity index (χ0n) is 11.8. The summed E-state index contributed by atoms with van der Waals surface area (Å²) in [6.07, 6.45) is 6.42. The summed E-state index contributed by atoms with van der Waals surface area (Å²) in [4.78, 5) is 0. The molecule has 0 saturated heterocycles. The minimum absolute atomic E-state index is 0.442. The first-order chi connectivity index (χ1) is 9.85. The van der Waals surface area contributed by atoms with Crippen molar-refractivity contribution in [2.45, 2.75) is 25.4 Å². The van der Waals surface area contributed by atoms with E-state index in [4.69, 9.17) is 4.74 Å². The van der Waals surface area contributed by atoms with Gasteiger partial charge in [-0.3, -0.25) is 4.68 Å². The first kappa shape index (κ1) is 13.2. The standard InChI is InChI=1S/C16H21N3O/c1-20-12-16(14-5-6-14)18-15-7-3-13(4-8-15)11-19-10-2-9-17-19/h2-4,7-10,14,16,18H,5-6,11-12H2,1H3. The number of rotatable bonds is 7. The van der Waals surface area contributed by atoms with Crippen LogP contribution in [-0.4, -0.2) is 29.5 Å². The van der Waals surface area contributed by atoms with E-state index in [1.54, 1.807) is 13.3 Å². The number of hydrogen-bond acceptors (Lipinski definition) is 3. The maximum Gasteiger partial charge on any atom is 0.0666 e. The molecule has 4 nitrogen and oxygen atoms in total. The summed E-state index contributed by atoms with van der Waals surface area (Å²) in [6, 6.07) is 11.0. The topological polar surface area (TPSA) is 39.1 Å². The lowest BCUT2D eigenvalue weighted by Gasteiger charge is -2.18. The van der Waals surface area contributed by atoms with Crippen LogP contribution in [0.5, 0.6) is 0 Å². The molecule has 106 valence electrons. The second-order valence-corrected chi connectivity index (χ2v) is 5.44. The Kier molecular flexibility index (Phi) is 4.02. The molecule has 1 aromatic carbocycles. The van der Waals surface area contributed by atoms with E-state index in [1.165, 1.54) is 24.1 Å². The van der Waals surface area contributed by atoms with Crippen molar-refractivity contribution < 1.29 is 4.74 Å². The predicted octanol–water partition coefficient (Wildman–Crippen LogP) is 2.77. The van der Waals surface area contributed by atoms with E-state index in [0.717, 1.165) is 19.1 Å². The van der Waals surface area contributed by atoms with Crippen molar-refractivity contribution in [2.24, 2.45) is 5.92 Å². The molecule has 1 unspecified atom stereocenters. The Balaban J connectivity index is 1.60. The van der Waals surface area contributed by atoms with E-state index in [0.29, 0.717) is 6.04 Å². The van der Waals surface area contributed by atoms with Crippen molar-refractivity contribution in [1.29, 1.82) is 0 Å². The van der Waals surface area contributed by atoms with Gasteiger partial charge in [0.25, 0.3) is 0 Å². The van der Waals surface area contributed by atoms with Crippen LogP contribution in [-0.2, 0) is 11.3 Å². The number of nitrogens with one attached hydrogen (secondary N) is 1. The van der Waals surface area contributed by atoms with Crippen LogP contribution in [0.2, 0.25) is 0 Å². The summed E-state index contributed by atoms with van der Waals surface area (Å²) in [5.41, 5.74) is 2.43. The van der Waals surface area contributed by atoms with E-state index in [1.807, 2.05) is 16.9 Å². The molecule has 1 aliphatic carbocycles. The van der Waals surface area contributed by atoms with E-state index in [-0.39, 0.29) is 0 Å². The number of hydrogen-bond donors (Lipinski definition) is 1. The van der Waals surface area contributed by atoms with Crippen molar-refractivity contribution in [3.63, 3.8) is 0 Å². The molecular weight excluding hydrogens is 250 g/mol. The molecule has 1 aromatic heterocycles. The van der Waals surface area contributed by atoms with Gasteiger partial charge in [-0.2, -0.15) is 5.10 Å². The molecule has 1 N–H and O–H groups in total. The molecule has 4 heteroatoms. The van der Waals surface area contributed by atoms with Crippen LogP contribution in [0.25, 0.3) is 0 Å². The van der Waals surface area contributed by atoms with Crippen LogP contribution in [0.1, 0.15) is 18.4 Å². The van der Waals surface area contributed by atoms with Gasteiger partial charge in [0.05, 0.1) is 19.2 Å². The van der Waals surface area contributed by atoms with E-state index >= 15 is 0 Å². The van der Waals surface area contributed by atoms with Gasteiger partial charge >= 0.3 is 0 Å². The molecule has 3 rings (SSSR count). The maximum absolute atomic E-state index is 5.30. The smallest absolute Gasteiger partial charge is 0.0666 e. The quantitative estimate of drug-likeness (QED) is 0.841. The summed E-state index contributed by atoms with van der Waals surface area (Å²) >= 11 is 0. The number of nitrogens with zero attached hydrogens (tertiary/aromatic N) is 2. The summed E-state index contributed by atoms with van der Waals surface area (Å²) in [6.45, 7) is 1.59. The lowest BCUT2D eigenvalue weighted by molar-refractivity contribution is 0.179. The fraction of sp³-hybridized carbons (Fsp3) is 0.438. The van der Waals surface area contributed by atoms with Crippen molar-refractivity contribution in [1.82, 2.24) is 9.78 Å². The summed E-state index contributed by atoms with van der Waals surface area (Å²) in [7, 11) is 1.77. The Bertz CT molecular complexity index is 517. The van der Waals surface area contributed by atoms with Crippen LogP contribution in [0.15, 0.2) is 42.7 Å². The summed E-state index contributed by atoms with van der Waals surface area (Å²) < 4.78 is 7.23. The molecule has 1 fully saturated rings. The van der Waals surface area contributed by atoms with Gasteiger partial charge in [-0.25, -0.2) is 0 Å². The Labute approximate surface area is 119 Å². The third-order valence-electron chi connectivity index (χ3n) is 3.75. The molecule has 1 aliphatic rings. The molecular formula is C16H21N3O. The van der Waals surface area contributed by atoms with Crippen molar-refractivity contribution >= 4 is 5.69 Å². The normalized spacial score (nSPS) is 16.1. The molecule has 20 heavy (non-hydrogen) atoms. The second kappa shape index (κ2) is 6.09. The van der Waals surface area contributed by atoms with Crippen molar-refractivity contribution in [3.8, 4) is 0 Å². The van der Waals surface area contributed by atoms with Gasteiger partial charge in [0.15, 0.2) is 0 Å². The summed E-state index contributed by atoms with van der Waals surface area (Å²) in [5.74, 6) is 0.777. The first-order valence-electron chi connectivity index (χ1n) is 7.17. The minimum Gasteiger partial charge on any atom is -0.383 e. The van der Waals surface area contributed by atoms with Gasteiger partial charge in [-0.15, -0.1) is 0 Å². The number of ether oxygens (including phenoxy) is 1. The van der Waals surface area contributed by atoms with Gasteiger partial charge < -0.3 is 10.1 Å². The number of aromatic nitrogens is 2. The maximum atomic E-state index is 5.30. The Hall–Kier alpha value is -1.81. The van der Waals surface area contributed by atoms with Gasteiger partial charge in [0.1, 0.15) is 0 Å². The highest BCUT2D eigenvalue weighted by atomic mass is 16.5. The zero-order valence-corrected chi connectivity index (χ0v) is 11.8. The minimum atomic E-state index is 0.442. The third-order valence-corrected chi connectivity index (χ3v) is 3.75. The lowest BCUT2D eigenvalue weighted by atomic mass is 10.1. The first-order valence-corrected chi connectivity index (χ1v) is 7.17. The van der Waals surface area contributed by atoms with Crippen LogP contribution in [0.4, 0.5) is 5.69 Å². The molecule has 0 radical (unpaired) electrons. The fourth-order valence-corrected chi connectivity index (χ4v) is 2.48. The zero-order chi connectivity index (χ0) is 13.8.